The summed E-state index contributed by atoms with van der Waals surface area (Å²) in [5.74, 6) is -2.00. The molecule has 2 aromatic heterocycles. The van der Waals surface area contributed by atoms with Crippen LogP contribution in [0.1, 0.15) is 24.5 Å². The summed E-state index contributed by atoms with van der Waals surface area (Å²) < 4.78 is 79.9. The highest BCUT2D eigenvalue weighted by atomic mass is 32.1. The molecule has 0 amide bonds. The van der Waals surface area contributed by atoms with E-state index in [1.54, 1.807) is 11.9 Å². The lowest BCUT2D eigenvalue weighted by atomic mass is 9.92. The second kappa shape index (κ2) is 9.46. The Kier molecular flexibility index (Phi) is 6.51. The Hall–Kier alpha value is -3.76. The monoisotopic (exact) mass is 562 g/mol. The number of fused-ring (bicyclic) bond motifs is 2. The minimum atomic E-state index is -5.02. The predicted octanol–water partition coefficient (Wildman–Crippen LogP) is 5.80. The van der Waals surface area contributed by atoms with Gasteiger partial charge < -0.3 is 20.3 Å². The molecule has 5 rings (SSSR count). The van der Waals surface area contributed by atoms with Crippen LogP contribution in [0, 0.1) is 23.0 Å². The number of ether oxygens (including phenoxy) is 1. The topological polar surface area (TPSA) is 91.3 Å². The third kappa shape index (κ3) is 4.18. The molecule has 0 saturated carbocycles. The van der Waals surface area contributed by atoms with E-state index < -0.39 is 34.5 Å². The lowest BCUT2D eigenvalue weighted by Crippen LogP contribution is -2.41. The van der Waals surface area contributed by atoms with Crippen LogP contribution < -0.4 is 15.4 Å². The molecule has 2 N–H and O–H groups in total. The number of aromatic nitrogens is 2. The number of hydrogen-bond acceptors (Lipinski definition) is 8. The van der Waals surface area contributed by atoms with Crippen molar-refractivity contribution < 1.29 is 26.7 Å². The SMILES string of the molecule is COc1nc(N(C)C2CCN(C)C2C)c2cc(C(F)(F)F)c(-c3ccc(F)c4sc(N)c(C#N)c34)c(F)c2n1. The third-order valence-electron chi connectivity index (χ3n) is 7.44. The van der Waals surface area contributed by atoms with Gasteiger partial charge in [0.25, 0.3) is 0 Å². The molecular formula is C26H23F5N6OS. The maximum atomic E-state index is 16.4. The van der Waals surface area contributed by atoms with E-state index in [0.29, 0.717) is 11.3 Å². The first kappa shape index (κ1) is 26.8. The van der Waals surface area contributed by atoms with Crippen LogP contribution in [-0.4, -0.2) is 54.7 Å². The van der Waals surface area contributed by atoms with Crippen molar-refractivity contribution in [2.75, 3.05) is 38.4 Å². The van der Waals surface area contributed by atoms with Gasteiger partial charge in [0.05, 0.1) is 22.9 Å². The smallest absolute Gasteiger partial charge is 0.417 e. The van der Waals surface area contributed by atoms with Crippen molar-refractivity contribution in [1.82, 2.24) is 14.9 Å². The largest absolute Gasteiger partial charge is 0.467 e. The average Bonchev–Trinajstić information content (AvgIpc) is 3.41. The first-order valence-electron chi connectivity index (χ1n) is 11.9. The van der Waals surface area contributed by atoms with Crippen molar-refractivity contribution in [3.8, 4) is 23.2 Å². The van der Waals surface area contributed by atoms with Crippen LogP contribution in [0.25, 0.3) is 32.1 Å². The molecule has 1 aliphatic heterocycles. The van der Waals surface area contributed by atoms with Crippen LogP contribution >= 0.6 is 11.3 Å². The lowest BCUT2D eigenvalue weighted by molar-refractivity contribution is -0.137. The van der Waals surface area contributed by atoms with Crippen molar-refractivity contribution >= 4 is 43.1 Å². The van der Waals surface area contributed by atoms with Crippen LogP contribution in [0.5, 0.6) is 6.01 Å². The fourth-order valence-corrected chi connectivity index (χ4v) is 6.24. The minimum Gasteiger partial charge on any atom is -0.467 e. The molecule has 0 spiro atoms. The number of methoxy groups -OCH3 is 1. The summed E-state index contributed by atoms with van der Waals surface area (Å²) in [6.45, 7) is 2.77. The molecule has 204 valence electrons. The van der Waals surface area contributed by atoms with Crippen molar-refractivity contribution in [3.05, 3.63) is 41.0 Å². The number of halogens is 5. The molecule has 7 nitrogen and oxygen atoms in total. The van der Waals surface area contributed by atoms with Crippen molar-refractivity contribution in [2.45, 2.75) is 31.6 Å². The van der Waals surface area contributed by atoms with E-state index in [-0.39, 0.29) is 55.5 Å². The second-order valence-corrected chi connectivity index (χ2v) is 10.5. The quantitative estimate of drug-likeness (QED) is 0.315. The van der Waals surface area contributed by atoms with Crippen LogP contribution in [-0.2, 0) is 6.18 Å². The minimum absolute atomic E-state index is 0.0539. The molecule has 2 aromatic carbocycles. The van der Waals surface area contributed by atoms with Crippen LogP contribution in [0.3, 0.4) is 0 Å². The van der Waals surface area contributed by atoms with E-state index in [0.717, 1.165) is 31.2 Å². The summed E-state index contributed by atoms with van der Waals surface area (Å²) in [6, 6.07) is 4.28. The number of benzene rings is 2. The first-order chi connectivity index (χ1) is 18.4. The zero-order valence-electron chi connectivity index (χ0n) is 21.3. The zero-order chi connectivity index (χ0) is 28.4. The molecule has 13 heteroatoms. The molecule has 0 radical (unpaired) electrons. The van der Waals surface area contributed by atoms with Crippen molar-refractivity contribution in [3.63, 3.8) is 0 Å². The van der Waals surface area contributed by atoms with E-state index in [9.17, 15) is 22.8 Å². The molecule has 0 aliphatic carbocycles. The Balaban J connectivity index is 1.88. The number of nitrogen functional groups attached to an aromatic ring is 1. The van der Waals surface area contributed by atoms with Crippen LogP contribution in [0.2, 0.25) is 0 Å². The predicted molar refractivity (Wildman–Crippen MR) is 140 cm³/mol. The highest BCUT2D eigenvalue weighted by Crippen LogP contribution is 2.48. The number of nitrogens with zero attached hydrogens (tertiary/aromatic N) is 5. The van der Waals surface area contributed by atoms with Gasteiger partial charge in [-0.2, -0.15) is 28.4 Å². The van der Waals surface area contributed by atoms with Crippen molar-refractivity contribution in [1.29, 1.82) is 5.26 Å². The summed E-state index contributed by atoms with van der Waals surface area (Å²) in [5, 5.41) is 9.21. The molecule has 4 aromatic rings. The van der Waals surface area contributed by atoms with E-state index in [1.807, 2.05) is 20.0 Å². The summed E-state index contributed by atoms with van der Waals surface area (Å²) >= 11 is 0.709. The van der Waals surface area contributed by atoms with E-state index in [2.05, 4.69) is 14.9 Å². The third-order valence-corrected chi connectivity index (χ3v) is 8.47. The standard InChI is InChI=1S/C26H23F5N6OS/c1-11-17(7-8-36(11)2)37(3)24-13-9-15(26(29,30)31)19(20(28)21(13)34-25(35-24)38-4)12-5-6-16(27)22-18(12)14(10-32)23(33)39-22/h5-6,9,11,17H,7-8,33H2,1-4H3. The van der Waals surface area contributed by atoms with Crippen LogP contribution in [0.4, 0.5) is 32.8 Å². The summed E-state index contributed by atoms with van der Waals surface area (Å²) in [4.78, 5) is 12.2. The normalized spacial score (nSPS) is 18.2. The Morgan fingerprint density at radius 3 is 2.56 bits per heavy atom. The van der Waals surface area contributed by atoms with Gasteiger partial charge in [0.1, 0.15) is 28.2 Å². The van der Waals surface area contributed by atoms with E-state index in [4.69, 9.17) is 10.5 Å². The second-order valence-electron chi connectivity index (χ2n) is 9.48. The number of likely N-dealkylation sites (tertiary alicyclic amines) is 1. The van der Waals surface area contributed by atoms with Gasteiger partial charge in [-0.05, 0) is 38.1 Å². The van der Waals surface area contributed by atoms with Gasteiger partial charge in [-0.25, -0.2) is 8.78 Å². The highest BCUT2D eigenvalue weighted by molar-refractivity contribution is 7.23. The maximum absolute atomic E-state index is 16.4. The summed E-state index contributed by atoms with van der Waals surface area (Å²) in [5.41, 5.74) is 2.76. The lowest BCUT2D eigenvalue weighted by Gasteiger charge is -2.31. The van der Waals surface area contributed by atoms with Gasteiger partial charge >= 0.3 is 12.2 Å². The van der Waals surface area contributed by atoms with Gasteiger partial charge in [-0.3, -0.25) is 0 Å². The number of nitriles is 1. The molecule has 1 fully saturated rings. The molecule has 39 heavy (non-hydrogen) atoms. The fourth-order valence-electron chi connectivity index (χ4n) is 5.30. The Morgan fingerprint density at radius 2 is 1.97 bits per heavy atom. The average molecular weight is 563 g/mol. The molecule has 2 unspecified atom stereocenters. The molecule has 0 bridgehead atoms. The fraction of sp³-hybridized carbons (Fsp3) is 0.346. The number of rotatable bonds is 4. The van der Waals surface area contributed by atoms with Crippen molar-refractivity contribution in [2.24, 2.45) is 0 Å². The number of alkyl halides is 3. The van der Waals surface area contributed by atoms with Crippen LogP contribution in [0.15, 0.2) is 18.2 Å². The van der Waals surface area contributed by atoms with Gasteiger partial charge in [0, 0.05) is 42.0 Å². The molecule has 1 saturated heterocycles. The number of likely N-dealkylation sites (N-methyl/N-ethyl adjacent to an activating group) is 2. The molecule has 1 aliphatic rings. The number of thiophene rings is 1. The van der Waals surface area contributed by atoms with Gasteiger partial charge in [0.2, 0.25) is 0 Å². The molecule has 3 heterocycles. The molecule has 2 atom stereocenters. The molecular weight excluding hydrogens is 539 g/mol. The number of hydrogen-bond donors (Lipinski definition) is 1. The summed E-state index contributed by atoms with van der Waals surface area (Å²) in [6.07, 6.45) is -4.30. The van der Waals surface area contributed by atoms with E-state index >= 15 is 4.39 Å². The number of anilines is 2. The number of nitrogens with two attached hydrogens (primary N) is 1. The Morgan fingerprint density at radius 1 is 1.26 bits per heavy atom. The Bertz CT molecular complexity index is 1660. The Labute approximate surface area is 224 Å². The maximum Gasteiger partial charge on any atom is 0.417 e. The first-order valence-corrected chi connectivity index (χ1v) is 12.7. The summed E-state index contributed by atoms with van der Waals surface area (Å²) in [7, 11) is 4.91. The zero-order valence-corrected chi connectivity index (χ0v) is 22.1. The van der Waals surface area contributed by atoms with Gasteiger partial charge in [-0.1, -0.05) is 6.07 Å². The highest BCUT2D eigenvalue weighted by Gasteiger charge is 2.39. The van der Waals surface area contributed by atoms with E-state index in [1.165, 1.54) is 7.11 Å². The van der Waals surface area contributed by atoms with Gasteiger partial charge in [-0.15, -0.1) is 11.3 Å². The van der Waals surface area contributed by atoms with Gasteiger partial charge in [0.15, 0.2) is 5.82 Å².